The Kier molecular flexibility index (Phi) is 4.99. The van der Waals surface area contributed by atoms with Crippen LogP contribution >= 0.6 is 11.6 Å². The second-order valence-corrected chi connectivity index (χ2v) is 6.85. The monoisotopic (exact) mass is 404 g/mol. The molecule has 0 aromatic carbocycles. The summed E-state index contributed by atoms with van der Waals surface area (Å²) in [5.74, 6) is -0.126. The lowest BCUT2D eigenvalue weighted by Gasteiger charge is -2.17. The number of fused-ring (bicyclic) bond motifs is 1. The van der Waals surface area contributed by atoms with E-state index >= 15 is 0 Å². The molecule has 0 bridgehead atoms. The highest BCUT2D eigenvalue weighted by atomic mass is 35.5. The molecule has 4 rings (SSSR count). The smallest absolute Gasteiger partial charge is 0.409 e. The van der Waals surface area contributed by atoms with Crippen molar-refractivity contribution in [2.45, 2.75) is 19.4 Å². The number of pyridine rings is 1. The van der Waals surface area contributed by atoms with Gasteiger partial charge in [-0.25, -0.2) is 24.1 Å². The first-order chi connectivity index (χ1) is 13.5. The molecule has 1 fully saturated rings. The lowest BCUT2D eigenvalue weighted by atomic mass is 10.2. The molecule has 1 amide bonds. The molecule has 0 spiro atoms. The zero-order valence-electron chi connectivity index (χ0n) is 15.1. The first kappa shape index (κ1) is 18.4. The Morgan fingerprint density at radius 3 is 3.14 bits per heavy atom. The molecule has 4 heterocycles. The minimum absolute atomic E-state index is 0.0880. The van der Waals surface area contributed by atoms with E-state index in [1.165, 1.54) is 6.20 Å². The molecule has 146 valence electrons. The van der Waals surface area contributed by atoms with Crippen molar-refractivity contribution in [1.29, 1.82) is 0 Å². The summed E-state index contributed by atoms with van der Waals surface area (Å²) in [4.78, 5) is 29.1. The number of aromatic nitrogens is 4. The third kappa shape index (κ3) is 3.57. The fourth-order valence-electron chi connectivity index (χ4n) is 3.21. The lowest BCUT2D eigenvalue weighted by molar-refractivity contribution is 0.115. The van der Waals surface area contributed by atoms with E-state index in [1.807, 2.05) is 0 Å². The van der Waals surface area contributed by atoms with Gasteiger partial charge in [-0.15, -0.1) is 0 Å². The number of hydrogen-bond donors (Lipinski definition) is 2. The molecule has 3 aromatic rings. The highest BCUT2D eigenvalue weighted by Gasteiger charge is 2.28. The Bertz CT molecular complexity index is 1030. The molecule has 1 aliphatic heterocycles. The van der Waals surface area contributed by atoms with E-state index in [0.717, 1.165) is 11.6 Å². The Labute approximate surface area is 165 Å². The van der Waals surface area contributed by atoms with E-state index in [9.17, 15) is 9.18 Å². The van der Waals surface area contributed by atoms with E-state index in [0.29, 0.717) is 48.2 Å². The average Bonchev–Trinajstić information content (AvgIpc) is 3.30. The molecular formula is C18H18ClFN6O2. The number of carbonyl (C=O) groups is 1. The summed E-state index contributed by atoms with van der Waals surface area (Å²) in [6.07, 6.45) is 4.68. The van der Waals surface area contributed by atoms with Crippen molar-refractivity contribution in [2.75, 3.05) is 25.0 Å². The summed E-state index contributed by atoms with van der Waals surface area (Å²) in [6, 6.07) is 1.63. The summed E-state index contributed by atoms with van der Waals surface area (Å²) in [6.45, 7) is 3.04. The van der Waals surface area contributed by atoms with Crippen LogP contribution in [0.15, 0.2) is 24.7 Å². The van der Waals surface area contributed by atoms with Crippen molar-refractivity contribution in [1.82, 2.24) is 24.8 Å². The van der Waals surface area contributed by atoms with Gasteiger partial charge in [0.2, 0.25) is 0 Å². The third-order valence-electron chi connectivity index (χ3n) is 4.54. The number of hydrogen-bond acceptors (Lipinski definition) is 6. The van der Waals surface area contributed by atoms with Crippen LogP contribution in [-0.4, -0.2) is 56.7 Å². The van der Waals surface area contributed by atoms with Crippen LogP contribution < -0.4 is 5.32 Å². The van der Waals surface area contributed by atoms with Gasteiger partial charge in [0.25, 0.3) is 0 Å². The summed E-state index contributed by atoms with van der Waals surface area (Å²) in [7, 11) is 0. The topological polar surface area (TPSA) is 96.0 Å². The average molecular weight is 405 g/mol. The van der Waals surface area contributed by atoms with Crippen LogP contribution in [0.1, 0.15) is 13.3 Å². The number of halogens is 2. The van der Waals surface area contributed by atoms with Crippen molar-refractivity contribution in [3.8, 4) is 11.4 Å². The Hall–Kier alpha value is -2.94. The van der Waals surface area contributed by atoms with Gasteiger partial charge in [0, 0.05) is 42.5 Å². The van der Waals surface area contributed by atoms with Gasteiger partial charge in [-0.2, -0.15) is 0 Å². The van der Waals surface area contributed by atoms with Crippen LogP contribution in [0.2, 0.25) is 5.02 Å². The third-order valence-corrected chi connectivity index (χ3v) is 4.74. The standard InChI is InChI=1S/C18H18ClFN6O2/c1-2-28-18(27)26-4-3-11(9-26)24-17-14(20)8-23-16(25-17)13-7-22-15-12(13)5-10(19)6-21-15/h5-8,11H,2-4,9H2,1H3,(H,21,22)(H,23,24,25)/t11-/m0/s1. The molecule has 2 N–H and O–H groups in total. The maximum absolute atomic E-state index is 14.3. The number of ether oxygens (including phenoxy) is 1. The van der Waals surface area contributed by atoms with Crippen molar-refractivity contribution in [2.24, 2.45) is 0 Å². The van der Waals surface area contributed by atoms with Crippen LogP contribution in [0.5, 0.6) is 0 Å². The Morgan fingerprint density at radius 1 is 1.46 bits per heavy atom. The van der Waals surface area contributed by atoms with Gasteiger partial charge in [0.1, 0.15) is 5.65 Å². The number of nitrogens with one attached hydrogen (secondary N) is 2. The SMILES string of the molecule is CCOC(=O)N1CC[C@H](Nc2nc(-c3c[nH]c4ncc(Cl)cc34)ncc2F)C1. The highest BCUT2D eigenvalue weighted by Crippen LogP contribution is 2.28. The summed E-state index contributed by atoms with van der Waals surface area (Å²) in [5.41, 5.74) is 1.32. The van der Waals surface area contributed by atoms with Gasteiger partial charge in [-0.3, -0.25) is 0 Å². The maximum Gasteiger partial charge on any atom is 0.409 e. The van der Waals surface area contributed by atoms with Crippen LogP contribution in [0.3, 0.4) is 0 Å². The minimum Gasteiger partial charge on any atom is -0.450 e. The van der Waals surface area contributed by atoms with Gasteiger partial charge in [0.15, 0.2) is 17.5 Å². The molecule has 0 saturated carbocycles. The van der Waals surface area contributed by atoms with Gasteiger partial charge in [0.05, 0.1) is 17.8 Å². The fraction of sp³-hybridized carbons (Fsp3) is 0.333. The zero-order valence-corrected chi connectivity index (χ0v) is 15.8. The molecule has 0 aliphatic carbocycles. The van der Waals surface area contributed by atoms with Gasteiger partial charge < -0.3 is 19.9 Å². The number of amides is 1. The van der Waals surface area contributed by atoms with Gasteiger partial charge in [-0.05, 0) is 19.4 Å². The van der Waals surface area contributed by atoms with Crippen LogP contribution in [0.25, 0.3) is 22.4 Å². The van der Waals surface area contributed by atoms with Crippen molar-refractivity contribution in [3.05, 3.63) is 35.5 Å². The number of rotatable bonds is 4. The number of anilines is 1. The molecule has 1 saturated heterocycles. The molecule has 8 nitrogen and oxygen atoms in total. The van der Waals surface area contributed by atoms with Crippen LogP contribution in [-0.2, 0) is 4.74 Å². The molecular weight excluding hydrogens is 387 g/mol. The summed E-state index contributed by atoms with van der Waals surface area (Å²) in [5, 5.41) is 4.30. The predicted molar refractivity (Wildman–Crippen MR) is 103 cm³/mol. The molecule has 0 radical (unpaired) electrons. The van der Waals surface area contributed by atoms with E-state index in [2.05, 4.69) is 25.3 Å². The molecule has 1 aliphatic rings. The maximum atomic E-state index is 14.3. The number of nitrogens with zero attached hydrogens (tertiary/aromatic N) is 4. The Balaban J connectivity index is 1.56. The van der Waals surface area contributed by atoms with Crippen molar-refractivity contribution >= 4 is 34.5 Å². The van der Waals surface area contributed by atoms with Gasteiger partial charge >= 0.3 is 6.09 Å². The van der Waals surface area contributed by atoms with Gasteiger partial charge in [-0.1, -0.05) is 11.6 Å². The number of H-pyrrole nitrogens is 1. The van der Waals surface area contributed by atoms with Crippen molar-refractivity contribution < 1.29 is 13.9 Å². The van der Waals surface area contributed by atoms with E-state index in [1.54, 1.807) is 24.1 Å². The largest absolute Gasteiger partial charge is 0.450 e. The molecule has 10 heteroatoms. The first-order valence-electron chi connectivity index (χ1n) is 8.89. The van der Waals surface area contributed by atoms with E-state index in [4.69, 9.17) is 16.3 Å². The predicted octanol–water partition coefficient (Wildman–Crippen LogP) is 3.46. The highest BCUT2D eigenvalue weighted by molar-refractivity contribution is 6.31. The second-order valence-electron chi connectivity index (χ2n) is 6.42. The molecule has 1 atom stereocenters. The van der Waals surface area contributed by atoms with Crippen molar-refractivity contribution in [3.63, 3.8) is 0 Å². The fourth-order valence-corrected chi connectivity index (χ4v) is 3.37. The van der Waals surface area contributed by atoms with Crippen LogP contribution in [0, 0.1) is 5.82 Å². The number of carbonyl (C=O) groups excluding carboxylic acids is 1. The second kappa shape index (κ2) is 7.59. The van der Waals surface area contributed by atoms with E-state index < -0.39 is 5.82 Å². The number of likely N-dealkylation sites (tertiary alicyclic amines) is 1. The minimum atomic E-state index is -0.561. The number of aromatic amines is 1. The first-order valence-corrected chi connectivity index (χ1v) is 9.26. The molecule has 28 heavy (non-hydrogen) atoms. The normalized spacial score (nSPS) is 16.5. The zero-order chi connectivity index (χ0) is 19.7. The Morgan fingerprint density at radius 2 is 2.32 bits per heavy atom. The molecule has 3 aromatic heterocycles. The van der Waals surface area contributed by atoms with Crippen LogP contribution in [0.4, 0.5) is 15.0 Å². The quantitative estimate of drug-likeness (QED) is 0.691. The van der Waals surface area contributed by atoms with E-state index in [-0.39, 0.29) is 18.0 Å². The lowest BCUT2D eigenvalue weighted by Crippen LogP contribution is -2.32. The molecule has 0 unspecified atom stereocenters. The summed E-state index contributed by atoms with van der Waals surface area (Å²) >= 11 is 6.03. The summed E-state index contributed by atoms with van der Waals surface area (Å²) < 4.78 is 19.3.